The molecule has 0 saturated carbocycles. The average Bonchev–Trinajstić information content (AvgIpc) is 3.27. The Balaban J connectivity index is 1.41. The molecule has 7 nitrogen and oxygen atoms in total. The van der Waals surface area contributed by atoms with E-state index >= 15 is 0 Å². The molecule has 1 fully saturated rings. The first-order valence-electron chi connectivity index (χ1n) is 11.0. The zero-order valence-electron chi connectivity index (χ0n) is 18.8. The number of carbonyl (C=O) groups excluding carboxylic acids is 1. The van der Waals surface area contributed by atoms with Crippen LogP contribution in [0.25, 0.3) is 12.2 Å². The van der Waals surface area contributed by atoms with E-state index in [0.717, 1.165) is 16.9 Å². The molecule has 0 N–H and O–H groups in total. The summed E-state index contributed by atoms with van der Waals surface area (Å²) in [6.07, 6.45) is 3.63. The molecule has 0 radical (unpaired) electrons. The predicted molar refractivity (Wildman–Crippen MR) is 127 cm³/mol. The minimum atomic E-state index is 0.0235. The molecule has 33 heavy (non-hydrogen) atoms. The third kappa shape index (κ3) is 5.24. The van der Waals surface area contributed by atoms with Crippen molar-refractivity contribution in [2.75, 3.05) is 37.7 Å². The standard InChI is InChI=1S/C26H26N4O3/c1-3-32-22-10-7-20(8-11-22)9-12-24-28-23(18-27)26(33-24)30-15-13-29(14-16-30)25(31)21-6-4-5-19(2)17-21/h4-12,17H,3,13-16H2,1-2H3/b12-9+. The Morgan fingerprint density at radius 1 is 1.15 bits per heavy atom. The van der Waals surface area contributed by atoms with Crippen molar-refractivity contribution in [1.82, 2.24) is 9.88 Å². The van der Waals surface area contributed by atoms with Crippen molar-refractivity contribution in [3.8, 4) is 11.8 Å². The third-order valence-electron chi connectivity index (χ3n) is 5.46. The van der Waals surface area contributed by atoms with Crippen LogP contribution >= 0.6 is 0 Å². The SMILES string of the molecule is CCOc1ccc(/C=C/c2nc(C#N)c(N3CCN(C(=O)c4cccc(C)c4)CC3)o2)cc1. The largest absolute Gasteiger partial charge is 0.494 e. The molecule has 0 unspecified atom stereocenters. The molecule has 2 heterocycles. The second kappa shape index (κ2) is 10.0. The van der Waals surface area contributed by atoms with Crippen LogP contribution in [0.15, 0.2) is 52.9 Å². The number of ether oxygens (including phenoxy) is 1. The smallest absolute Gasteiger partial charge is 0.253 e. The number of aryl methyl sites for hydroxylation is 1. The van der Waals surface area contributed by atoms with Crippen molar-refractivity contribution < 1.29 is 13.9 Å². The first kappa shape index (κ1) is 22.2. The Kier molecular flexibility index (Phi) is 6.75. The molecule has 0 bridgehead atoms. The van der Waals surface area contributed by atoms with Crippen LogP contribution in [0.1, 0.15) is 40.0 Å². The lowest BCUT2D eigenvalue weighted by Crippen LogP contribution is -2.48. The van der Waals surface area contributed by atoms with Gasteiger partial charge in [-0.3, -0.25) is 4.79 Å². The number of hydrogen-bond donors (Lipinski definition) is 0. The number of hydrogen-bond acceptors (Lipinski definition) is 6. The molecular formula is C26H26N4O3. The van der Waals surface area contributed by atoms with Crippen molar-refractivity contribution in [1.29, 1.82) is 5.26 Å². The predicted octanol–water partition coefficient (Wildman–Crippen LogP) is 4.39. The number of aromatic nitrogens is 1. The van der Waals surface area contributed by atoms with E-state index in [1.54, 1.807) is 6.08 Å². The highest BCUT2D eigenvalue weighted by Gasteiger charge is 2.26. The highest BCUT2D eigenvalue weighted by atomic mass is 16.5. The lowest BCUT2D eigenvalue weighted by atomic mass is 10.1. The van der Waals surface area contributed by atoms with Crippen LogP contribution in [0, 0.1) is 18.3 Å². The van der Waals surface area contributed by atoms with Gasteiger partial charge in [-0.15, -0.1) is 0 Å². The summed E-state index contributed by atoms with van der Waals surface area (Å²) in [7, 11) is 0. The van der Waals surface area contributed by atoms with Gasteiger partial charge in [-0.1, -0.05) is 29.8 Å². The molecule has 1 amide bonds. The van der Waals surface area contributed by atoms with Crippen LogP contribution in [0.4, 0.5) is 5.88 Å². The Morgan fingerprint density at radius 3 is 2.58 bits per heavy atom. The lowest BCUT2D eigenvalue weighted by Gasteiger charge is -2.34. The van der Waals surface area contributed by atoms with E-state index in [9.17, 15) is 10.1 Å². The zero-order chi connectivity index (χ0) is 23.2. The molecule has 3 aromatic rings. The van der Waals surface area contributed by atoms with E-state index in [1.807, 2.05) is 78.3 Å². The van der Waals surface area contributed by atoms with E-state index in [2.05, 4.69) is 11.1 Å². The number of oxazole rings is 1. The molecule has 1 aliphatic rings. The van der Waals surface area contributed by atoms with Gasteiger partial charge in [0.15, 0.2) is 0 Å². The summed E-state index contributed by atoms with van der Waals surface area (Å²) >= 11 is 0. The summed E-state index contributed by atoms with van der Waals surface area (Å²) in [4.78, 5) is 20.9. The summed E-state index contributed by atoms with van der Waals surface area (Å²) in [6, 6.07) is 17.4. The summed E-state index contributed by atoms with van der Waals surface area (Å²) in [5.41, 5.74) is 2.98. The van der Waals surface area contributed by atoms with Gasteiger partial charge in [-0.05, 0) is 49.8 Å². The van der Waals surface area contributed by atoms with Gasteiger partial charge in [0.1, 0.15) is 11.8 Å². The maximum absolute atomic E-state index is 12.8. The van der Waals surface area contributed by atoms with E-state index in [1.165, 1.54) is 0 Å². The lowest BCUT2D eigenvalue weighted by molar-refractivity contribution is 0.0745. The van der Waals surface area contributed by atoms with E-state index in [4.69, 9.17) is 9.15 Å². The molecule has 0 aliphatic carbocycles. The fraction of sp³-hybridized carbons (Fsp3) is 0.269. The van der Waals surface area contributed by atoms with Gasteiger partial charge < -0.3 is 19.0 Å². The van der Waals surface area contributed by atoms with Crippen molar-refractivity contribution in [2.24, 2.45) is 0 Å². The van der Waals surface area contributed by atoms with Crippen molar-refractivity contribution in [2.45, 2.75) is 13.8 Å². The molecule has 0 spiro atoms. The van der Waals surface area contributed by atoms with Crippen LogP contribution in [-0.4, -0.2) is 48.6 Å². The van der Waals surface area contributed by atoms with E-state index < -0.39 is 0 Å². The summed E-state index contributed by atoms with van der Waals surface area (Å²) in [6.45, 7) is 6.80. The monoisotopic (exact) mass is 442 g/mol. The Morgan fingerprint density at radius 2 is 1.91 bits per heavy atom. The fourth-order valence-electron chi connectivity index (χ4n) is 3.77. The molecule has 1 aliphatic heterocycles. The van der Waals surface area contributed by atoms with Crippen LogP contribution in [-0.2, 0) is 0 Å². The summed E-state index contributed by atoms with van der Waals surface area (Å²) in [5, 5.41) is 9.54. The number of anilines is 1. The van der Waals surface area contributed by atoms with Gasteiger partial charge >= 0.3 is 0 Å². The maximum Gasteiger partial charge on any atom is 0.253 e. The van der Waals surface area contributed by atoms with E-state index in [-0.39, 0.29) is 11.6 Å². The van der Waals surface area contributed by atoms with Gasteiger partial charge in [0.2, 0.25) is 17.5 Å². The summed E-state index contributed by atoms with van der Waals surface area (Å²) in [5.74, 6) is 1.66. The molecule has 2 aromatic carbocycles. The van der Waals surface area contributed by atoms with Crippen LogP contribution in [0.2, 0.25) is 0 Å². The number of amides is 1. The highest BCUT2D eigenvalue weighted by Crippen LogP contribution is 2.25. The summed E-state index contributed by atoms with van der Waals surface area (Å²) < 4.78 is 11.4. The Bertz CT molecular complexity index is 1180. The molecule has 0 atom stereocenters. The first-order valence-corrected chi connectivity index (χ1v) is 11.0. The number of benzene rings is 2. The zero-order valence-corrected chi connectivity index (χ0v) is 18.8. The number of piperazine rings is 1. The van der Waals surface area contributed by atoms with Crippen molar-refractivity contribution in [3.63, 3.8) is 0 Å². The molecular weight excluding hydrogens is 416 g/mol. The van der Waals surface area contributed by atoms with Gasteiger partial charge in [-0.2, -0.15) is 10.2 Å². The molecule has 1 saturated heterocycles. The Labute approximate surface area is 193 Å². The van der Waals surface area contributed by atoms with Gasteiger partial charge in [0.25, 0.3) is 5.91 Å². The first-order chi connectivity index (χ1) is 16.1. The number of nitrogens with zero attached hydrogens (tertiary/aromatic N) is 4. The minimum Gasteiger partial charge on any atom is -0.494 e. The van der Waals surface area contributed by atoms with Gasteiger partial charge in [0, 0.05) is 37.8 Å². The van der Waals surface area contributed by atoms with Crippen molar-refractivity contribution in [3.05, 3.63) is 76.8 Å². The van der Waals surface area contributed by atoms with Crippen LogP contribution in [0.3, 0.4) is 0 Å². The number of nitriles is 1. The number of carbonyl (C=O) groups is 1. The van der Waals surface area contributed by atoms with Crippen LogP contribution < -0.4 is 9.64 Å². The molecule has 1 aromatic heterocycles. The maximum atomic E-state index is 12.8. The second-order valence-electron chi connectivity index (χ2n) is 7.80. The quantitative estimate of drug-likeness (QED) is 0.563. The van der Waals surface area contributed by atoms with E-state index in [0.29, 0.717) is 50.1 Å². The minimum absolute atomic E-state index is 0.0235. The fourth-order valence-corrected chi connectivity index (χ4v) is 3.77. The average molecular weight is 443 g/mol. The third-order valence-corrected chi connectivity index (χ3v) is 5.46. The molecule has 168 valence electrons. The molecule has 4 rings (SSSR count). The van der Waals surface area contributed by atoms with Crippen LogP contribution in [0.5, 0.6) is 5.75 Å². The second-order valence-corrected chi connectivity index (χ2v) is 7.80. The molecule has 7 heteroatoms. The van der Waals surface area contributed by atoms with Gasteiger partial charge in [-0.25, -0.2) is 0 Å². The Hall–Kier alpha value is -4.05. The normalized spacial score (nSPS) is 13.8. The van der Waals surface area contributed by atoms with Gasteiger partial charge in [0.05, 0.1) is 6.61 Å². The number of rotatable bonds is 6. The topological polar surface area (TPSA) is 82.6 Å². The highest BCUT2D eigenvalue weighted by molar-refractivity contribution is 5.94. The van der Waals surface area contributed by atoms with Crippen molar-refractivity contribution >= 4 is 23.9 Å².